The van der Waals surface area contributed by atoms with Crippen LogP contribution in [0.3, 0.4) is 0 Å². The first-order chi connectivity index (χ1) is 25.2. The van der Waals surface area contributed by atoms with E-state index in [4.69, 9.17) is 28.4 Å². The van der Waals surface area contributed by atoms with Crippen molar-refractivity contribution in [2.24, 2.45) is 0 Å². The summed E-state index contributed by atoms with van der Waals surface area (Å²) >= 11 is 0. The van der Waals surface area contributed by atoms with Gasteiger partial charge in [0.05, 0.1) is 0 Å². The van der Waals surface area contributed by atoms with Crippen molar-refractivity contribution < 1.29 is 33.2 Å². The van der Waals surface area contributed by atoms with Crippen molar-refractivity contribution in [3.05, 3.63) is 185 Å². The number of carbonyl (C=O) groups is 1. The van der Waals surface area contributed by atoms with Crippen molar-refractivity contribution in [2.45, 2.75) is 45.1 Å². The molecule has 0 saturated heterocycles. The lowest BCUT2D eigenvalue weighted by Crippen LogP contribution is -2.33. The zero-order valence-corrected chi connectivity index (χ0v) is 28.1. The normalized spacial score (nSPS) is 14.7. The first-order valence-electron chi connectivity index (χ1n) is 17.0. The number of carbonyl (C=O) groups excluding carboxylic acids is 1. The van der Waals surface area contributed by atoms with Crippen molar-refractivity contribution >= 4 is 6.47 Å². The van der Waals surface area contributed by atoms with Gasteiger partial charge < -0.3 is 28.4 Å². The zero-order chi connectivity index (χ0) is 34.7. The predicted octanol–water partition coefficient (Wildman–Crippen LogP) is 9.22. The molecule has 1 aliphatic rings. The van der Waals surface area contributed by atoms with E-state index in [1.54, 1.807) is 0 Å². The summed E-state index contributed by atoms with van der Waals surface area (Å²) in [5, 5.41) is 0. The second kappa shape index (κ2) is 16.5. The largest absolute Gasteiger partial charge is 0.489 e. The maximum atomic E-state index is 11.9. The third kappa shape index (κ3) is 8.69. The van der Waals surface area contributed by atoms with E-state index in [9.17, 15) is 4.79 Å². The van der Waals surface area contributed by atoms with Crippen LogP contribution in [-0.2, 0) is 42.4 Å². The number of hydrogen-bond donors (Lipinski definition) is 0. The Kier molecular flexibility index (Phi) is 10.7. The fourth-order valence-electron chi connectivity index (χ4n) is 5.99. The van der Waals surface area contributed by atoms with Gasteiger partial charge in [0.2, 0.25) is 0 Å². The Balaban J connectivity index is 1.20. The Labute approximate surface area is 297 Å². The summed E-state index contributed by atoms with van der Waals surface area (Å²) in [5.41, 5.74) is 5.69. The van der Waals surface area contributed by atoms with Crippen molar-refractivity contribution in [3.63, 3.8) is 0 Å². The van der Waals surface area contributed by atoms with Crippen LogP contribution in [0.25, 0.3) is 0 Å². The molecule has 0 aliphatic carbocycles. The van der Waals surface area contributed by atoms with Crippen LogP contribution in [-0.4, -0.2) is 12.6 Å². The van der Waals surface area contributed by atoms with Gasteiger partial charge >= 0.3 is 0 Å². The number of fused-ring (bicyclic) bond motifs is 1. The maximum Gasteiger partial charge on any atom is 0.293 e. The molecule has 2 atom stereocenters. The highest BCUT2D eigenvalue weighted by Gasteiger charge is 2.36. The van der Waals surface area contributed by atoms with E-state index < -0.39 is 12.2 Å². The van der Waals surface area contributed by atoms with Crippen LogP contribution in [0, 0.1) is 0 Å². The monoisotopic (exact) mass is 680 g/mol. The van der Waals surface area contributed by atoms with Crippen LogP contribution in [0.4, 0.5) is 0 Å². The average molecular weight is 681 g/mol. The summed E-state index contributed by atoms with van der Waals surface area (Å²) in [6.07, 6.45) is -0.909. The highest BCUT2D eigenvalue weighted by molar-refractivity contribution is 5.54. The second-order valence-corrected chi connectivity index (χ2v) is 12.2. The summed E-state index contributed by atoms with van der Waals surface area (Å²) < 4.78 is 37.7. The van der Waals surface area contributed by atoms with E-state index in [2.05, 4.69) is 0 Å². The minimum absolute atomic E-state index is 0.346. The molecule has 0 N–H and O–H groups in total. The molecule has 0 spiro atoms. The molecule has 0 unspecified atom stereocenters. The van der Waals surface area contributed by atoms with Gasteiger partial charge in [-0.3, -0.25) is 4.79 Å². The molecule has 0 aromatic heterocycles. The maximum absolute atomic E-state index is 11.9. The quantitative estimate of drug-likeness (QED) is 0.0791. The lowest BCUT2D eigenvalue weighted by Gasteiger charge is -2.34. The molecule has 1 aliphatic heterocycles. The molecule has 0 amide bonds. The Morgan fingerprint density at radius 2 is 1.02 bits per heavy atom. The van der Waals surface area contributed by atoms with Gasteiger partial charge in [-0.15, -0.1) is 0 Å². The topological polar surface area (TPSA) is 72.5 Å². The summed E-state index contributed by atoms with van der Waals surface area (Å²) in [6, 6.07) is 49.3. The number of ether oxygens (including phenoxy) is 6. The minimum Gasteiger partial charge on any atom is -0.489 e. The van der Waals surface area contributed by atoms with Crippen molar-refractivity contribution in [1.82, 2.24) is 0 Å². The van der Waals surface area contributed by atoms with E-state index in [-0.39, 0.29) is 0 Å². The molecular formula is C44H38O7. The van der Waals surface area contributed by atoms with Crippen LogP contribution < -0.4 is 23.7 Å². The fourth-order valence-corrected chi connectivity index (χ4v) is 5.99. The van der Waals surface area contributed by atoms with Crippen LogP contribution in [0.5, 0.6) is 28.7 Å². The lowest BCUT2D eigenvalue weighted by molar-refractivity contribution is -0.139. The second-order valence-electron chi connectivity index (χ2n) is 12.2. The van der Waals surface area contributed by atoms with Gasteiger partial charge in [-0.1, -0.05) is 127 Å². The van der Waals surface area contributed by atoms with Gasteiger partial charge in [0.15, 0.2) is 17.6 Å². The number of benzene rings is 6. The number of rotatable bonds is 15. The number of hydrogen-bond acceptors (Lipinski definition) is 7. The van der Waals surface area contributed by atoms with Gasteiger partial charge in [-0.2, -0.15) is 0 Å². The predicted molar refractivity (Wildman–Crippen MR) is 194 cm³/mol. The first-order valence-corrected chi connectivity index (χ1v) is 17.0. The standard InChI is InChI=1S/C44H38O7/c45-31-50-43-26-38-40(48-29-34-17-9-3-10-18-34)24-37(46-27-32-13-5-1-6-14-32)25-41(38)51-44(43)36-21-22-39(47-28-33-15-7-2-8-16-33)42(23-36)49-30-35-19-11-4-12-20-35/h1-25,31,43-44H,26-30H2/t43-,44+/m0/s1/i26+1,44+1. The smallest absolute Gasteiger partial charge is 0.293 e. The van der Waals surface area contributed by atoms with Gasteiger partial charge in [0, 0.05) is 29.7 Å². The summed E-state index contributed by atoms with van der Waals surface area (Å²) in [5.74, 6) is 2.95. The fraction of sp³-hybridized carbons (Fsp3) is 0.159. The third-order valence-corrected chi connectivity index (χ3v) is 8.62. The van der Waals surface area contributed by atoms with E-state index in [1.807, 2.05) is 152 Å². The van der Waals surface area contributed by atoms with Gasteiger partial charge in [0.1, 0.15) is 49.8 Å². The first kappa shape index (κ1) is 33.3. The average Bonchev–Trinajstić information content (AvgIpc) is 3.19. The Hall–Kier alpha value is -6.21. The van der Waals surface area contributed by atoms with Crippen LogP contribution in [0.15, 0.2) is 152 Å². The van der Waals surface area contributed by atoms with Gasteiger partial charge in [0.25, 0.3) is 6.47 Å². The molecule has 6 aromatic rings. The van der Waals surface area contributed by atoms with E-state index in [0.717, 1.165) is 33.4 Å². The Morgan fingerprint density at radius 3 is 1.55 bits per heavy atom. The molecule has 0 fully saturated rings. The van der Waals surface area contributed by atoms with Crippen LogP contribution in [0.2, 0.25) is 0 Å². The van der Waals surface area contributed by atoms with Crippen molar-refractivity contribution in [3.8, 4) is 28.7 Å². The molecule has 7 rings (SSSR count). The van der Waals surface area contributed by atoms with Gasteiger partial charge in [-0.05, 0) is 34.4 Å². The van der Waals surface area contributed by atoms with Crippen LogP contribution in [0.1, 0.15) is 39.5 Å². The highest BCUT2D eigenvalue weighted by atomic mass is 16.6. The van der Waals surface area contributed by atoms with E-state index in [1.165, 1.54) is 0 Å². The Bertz CT molecular complexity index is 2000. The molecule has 6 aromatic carbocycles. The van der Waals surface area contributed by atoms with Crippen molar-refractivity contribution in [1.29, 1.82) is 0 Å². The molecule has 0 radical (unpaired) electrons. The highest BCUT2D eigenvalue weighted by Crippen LogP contribution is 2.45. The molecule has 1 heterocycles. The molecule has 0 bridgehead atoms. The zero-order valence-electron chi connectivity index (χ0n) is 28.1. The molecule has 7 nitrogen and oxygen atoms in total. The molecular weight excluding hydrogens is 642 g/mol. The molecule has 256 valence electrons. The van der Waals surface area contributed by atoms with E-state index >= 15 is 0 Å². The summed E-state index contributed by atoms with van der Waals surface area (Å²) in [6.45, 7) is 1.93. The summed E-state index contributed by atoms with van der Waals surface area (Å²) in [7, 11) is 0. The molecule has 7 heteroatoms. The van der Waals surface area contributed by atoms with Gasteiger partial charge in [-0.25, -0.2) is 0 Å². The SMILES string of the molecule is O=CO[C@H]1[13CH2]c2c(OCc3ccccc3)cc(OCc3ccccc3)cc2O[13C@@H]1c1ccc(OCc2ccccc2)c(OCc2ccccc2)c1. The molecule has 51 heavy (non-hydrogen) atoms. The summed E-state index contributed by atoms with van der Waals surface area (Å²) in [4.78, 5) is 11.9. The lowest BCUT2D eigenvalue weighted by atomic mass is 10.1. The minimum atomic E-state index is -0.642. The third-order valence-electron chi connectivity index (χ3n) is 8.62. The van der Waals surface area contributed by atoms with Crippen molar-refractivity contribution in [2.75, 3.05) is 0 Å². The van der Waals surface area contributed by atoms with E-state index in [0.29, 0.717) is 68.1 Å². The Morgan fingerprint density at radius 1 is 0.529 bits per heavy atom. The molecule has 0 saturated carbocycles. The van der Waals surface area contributed by atoms with Crippen LogP contribution >= 0.6 is 0 Å².